The first-order valence-electron chi connectivity index (χ1n) is 6.58. The number of carbonyl (C=O) groups is 1. The lowest BCUT2D eigenvalue weighted by Gasteiger charge is -2.22. The normalized spacial score (nSPS) is 27.9. The standard InChI is InChI=1S/C13H15NO5S2/c15-13(16)11-3-4-12(20-11)21(17,18)14-6-8-1-2-10-5-9(8)7-19-10/h1-4,8-10,14H,5-7H2,(H,15,16)/t8-,9+,10-/m0/s1. The minimum absolute atomic E-state index is 0.0139. The van der Waals surface area contributed by atoms with E-state index in [1.165, 1.54) is 12.1 Å². The highest BCUT2D eigenvalue weighted by Gasteiger charge is 2.33. The number of nitrogens with one attached hydrogen (secondary N) is 1. The predicted molar refractivity (Wildman–Crippen MR) is 76.9 cm³/mol. The van der Waals surface area contributed by atoms with Crippen LogP contribution in [-0.4, -0.2) is 38.7 Å². The highest BCUT2D eigenvalue weighted by molar-refractivity contribution is 7.91. The molecule has 6 nitrogen and oxygen atoms in total. The van der Waals surface area contributed by atoms with Gasteiger partial charge in [0, 0.05) is 6.54 Å². The highest BCUT2D eigenvalue weighted by atomic mass is 32.2. The molecule has 0 aromatic carbocycles. The topological polar surface area (TPSA) is 92.7 Å². The molecule has 3 rings (SSSR count). The van der Waals surface area contributed by atoms with Gasteiger partial charge in [0.15, 0.2) is 0 Å². The van der Waals surface area contributed by atoms with Crippen molar-refractivity contribution in [3.05, 3.63) is 29.2 Å². The molecular weight excluding hydrogens is 314 g/mol. The number of ether oxygens (including phenoxy) is 1. The van der Waals surface area contributed by atoms with Gasteiger partial charge in [-0.1, -0.05) is 12.2 Å². The summed E-state index contributed by atoms with van der Waals surface area (Å²) in [5, 5.41) is 8.84. The molecule has 1 aliphatic carbocycles. The molecule has 1 aromatic heterocycles. The smallest absolute Gasteiger partial charge is 0.345 e. The van der Waals surface area contributed by atoms with Crippen LogP contribution in [-0.2, 0) is 14.8 Å². The lowest BCUT2D eigenvalue weighted by atomic mass is 9.86. The van der Waals surface area contributed by atoms with E-state index >= 15 is 0 Å². The van der Waals surface area contributed by atoms with E-state index in [9.17, 15) is 13.2 Å². The van der Waals surface area contributed by atoms with Crippen LogP contribution in [0.15, 0.2) is 28.5 Å². The fourth-order valence-electron chi connectivity index (χ4n) is 2.63. The monoisotopic (exact) mass is 329 g/mol. The number of thiophene rings is 1. The SMILES string of the molecule is O=C(O)c1ccc(S(=O)(=O)NC[C@@H]2C=C[C@H]3C[C@@H]2CO3)s1. The van der Waals surface area contributed by atoms with E-state index in [1.54, 1.807) is 0 Å². The Morgan fingerprint density at radius 2 is 2.24 bits per heavy atom. The van der Waals surface area contributed by atoms with Gasteiger partial charge in [-0.3, -0.25) is 0 Å². The number of hydrogen-bond acceptors (Lipinski definition) is 5. The van der Waals surface area contributed by atoms with E-state index in [0.29, 0.717) is 19.1 Å². The van der Waals surface area contributed by atoms with Crippen molar-refractivity contribution in [3.8, 4) is 0 Å². The van der Waals surface area contributed by atoms with E-state index in [2.05, 4.69) is 4.72 Å². The Morgan fingerprint density at radius 1 is 1.43 bits per heavy atom. The summed E-state index contributed by atoms with van der Waals surface area (Å²) in [7, 11) is -3.66. The third-order valence-corrected chi connectivity index (χ3v) is 6.79. The summed E-state index contributed by atoms with van der Waals surface area (Å²) in [6.45, 7) is 0.964. The number of carboxylic acid groups (broad SMARTS) is 1. The molecule has 2 N–H and O–H groups in total. The molecule has 1 aromatic rings. The van der Waals surface area contributed by atoms with Crippen LogP contribution < -0.4 is 4.72 Å². The summed E-state index contributed by atoms with van der Waals surface area (Å²) in [6.07, 6.45) is 5.10. The lowest BCUT2D eigenvalue weighted by molar-refractivity contribution is 0.0702. The Hall–Kier alpha value is -1.22. The van der Waals surface area contributed by atoms with Crippen molar-refractivity contribution in [1.82, 2.24) is 4.72 Å². The zero-order valence-electron chi connectivity index (χ0n) is 11.1. The Morgan fingerprint density at radius 3 is 2.95 bits per heavy atom. The van der Waals surface area contributed by atoms with E-state index in [4.69, 9.17) is 9.84 Å². The molecular formula is C13H15NO5S2. The molecule has 0 radical (unpaired) electrons. The average molecular weight is 329 g/mol. The third kappa shape index (κ3) is 3.03. The molecule has 0 spiro atoms. The minimum Gasteiger partial charge on any atom is -0.477 e. The van der Waals surface area contributed by atoms with E-state index in [-0.39, 0.29) is 21.1 Å². The van der Waals surface area contributed by atoms with Gasteiger partial charge in [0.1, 0.15) is 9.09 Å². The summed E-state index contributed by atoms with van der Waals surface area (Å²) < 4.78 is 32.5. The van der Waals surface area contributed by atoms with Gasteiger partial charge in [0.2, 0.25) is 10.0 Å². The van der Waals surface area contributed by atoms with Crippen molar-refractivity contribution >= 4 is 27.3 Å². The van der Waals surface area contributed by atoms with Gasteiger partial charge in [-0.25, -0.2) is 17.9 Å². The molecule has 2 bridgehead atoms. The molecule has 114 valence electrons. The summed E-state index contributed by atoms with van der Waals surface area (Å²) in [5.74, 6) is -0.649. The second-order valence-electron chi connectivity index (χ2n) is 5.19. The van der Waals surface area contributed by atoms with Gasteiger partial charge in [0.05, 0.1) is 12.7 Å². The van der Waals surface area contributed by atoms with Crippen molar-refractivity contribution in [3.63, 3.8) is 0 Å². The summed E-state index contributed by atoms with van der Waals surface area (Å²) >= 11 is 0.757. The summed E-state index contributed by atoms with van der Waals surface area (Å²) in [5.41, 5.74) is 0. The Kier molecular flexibility index (Phi) is 3.87. The molecule has 0 unspecified atom stereocenters. The first kappa shape index (κ1) is 14.7. The van der Waals surface area contributed by atoms with Crippen molar-refractivity contribution in [2.45, 2.75) is 16.7 Å². The quantitative estimate of drug-likeness (QED) is 0.795. The average Bonchev–Trinajstić information content (AvgIpc) is 3.06. The number of sulfonamides is 1. The molecule has 0 amide bonds. The Balaban J connectivity index is 1.67. The molecule has 3 atom stereocenters. The maximum atomic E-state index is 12.2. The molecule has 2 aliphatic rings. The first-order valence-corrected chi connectivity index (χ1v) is 8.88. The van der Waals surface area contributed by atoms with Gasteiger partial charge in [0.25, 0.3) is 0 Å². The van der Waals surface area contributed by atoms with E-state index in [0.717, 1.165) is 17.8 Å². The van der Waals surface area contributed by atoms with Crippen molar-refractivity contribution in [2.24, 2.45) is 11.8 Å². The minimum atomic E-state index is -3.66. The fraction of sp³-hybridized carbons (Fsp3) is 0.462. The van der Waals surface area contributed by atoms with E-state index < -0.39 is 16.0 Å². The predicted octanol–water partition coefficient (Wildman–Crippen LogP) is 1.32. The molecule has 8 heteroatoms. The number of rotatable bonds is 5. The zero-order valence-corrected chi connectivity index (χ0v) is 12.7. The molecule has 1 aliphatic heterocycles. The zero-order chi connectivity index (χ0) is 15.0. The Bertz CT molecular complexity index is 678. The van der Waals surface area contributed by atoms with Gasteiger partial charge in [-0.05, 0) is 30.4 Å². The van der Waals surface area contributed by atoms with Crippen LogP contribution >= 0.6 is 11.3 Å². The number of fused-ring (bicyclic) bond motifs is 2. The van der Waals surface area contributed by atoms with Crippen LogP contribution in [0.4, 0.5) is 0 Å². The van der Waals surface area contributed by atoms with Crippen molar-refractivity contribution < 1.29 is 23.1 Å². The Labute approximate surface area is 126 Å². The highest BCUT2D eigenvalue weighted by Crippen LogP contribution is 2.33. The maximum Gasteiger partial charge on any atom is 0.345 e. The van der Waals surface area contributed by atoms with Crippen LogP contribution in [0.3, 0.4) is 0 Å². The number of carboxylic acids is 1. The largest absolute Gasteiger partial charge is 0.477 e. The van der Waals surface area contributed by atoms with Crippen LogP contribution in [0.1, 0.15) is 16.1 Å². The first-order chi connectivity index (χ1) is 9.95. The summed E-state index contributed by atoms with van der Waals surface area (Å²) in [6, 6.07) is 2.62. The second-order valence-corrected chi connectivity index (χ2v) is 8.27. The van der Waals surface area contributed by atoms with Crippen LogP contribution in [0, 0.1) is 11.8 Å². The van der Waals surface area contributed by atoms with Gasteiger partial charge in [-0.2, -0.15) is 0 Å². The van der Waals surface area contributed by atoms with Crippen LogP contribution in [0.5, 0.6) is 0 Å². The fourth-order valence-corrected chi connectivity index (χ4v) is 4.89. The summed E-state index contributed by atoms with van der Waals surface area (Å²) in [4.78, 5) is 10.8. The van der Waals surface area contributed by atoms with Crippen molar-refractivity contribution in [1.29, 1.82) is 0 Å². The van der Waals surface area contributed by atoms with Crippen LogP contribution in [0.25, 0.3) is 0 Å². The van der Waals surface area contributed by atoms with Crippen molar-refractivity contribution in [2.75, 3.05) is 13.2 Å². The number of hydrogen-bond donors (Lipinski definition) is 2. The van der Waals surface area contributed by atoms with E-state index in [1.807, 2.05) is 12.2 Å². The van der Waals surface area contributed by atoms with Gasteiger partial charge in [-0.15, -0.1) is 11.3 Å². The second kappa shape index (κ2) is 5.53. The third-order valence-electron chi connectivity index (χ3n) is 3.80. The molecule has 1 saturated heterocycles. The van der Waals surface area contributed by atoms with Crippen LogP contribution in [0.2, 0.25) is 0 Å². The maximum absolute atomic E-state index is 12.2. The number of aromatic carboxylic acids is 1. The lowest BCUT2D eigenvalue weighted by Crippen LogP contribution is -2.32. The molecule has 21 heavy (non-hydrogen) atoms. The van der Waals surface area contributed by atoms with Gasteiger partial charge >= 0.3 is 5.97 Å². The molecule has 0 saturated carbocycles. The molecule has 1 fully saturated rings. The molecule has 2 heterocycles. The van der Waals surface area contributed by atoms with Gasteiger partial charge < -0.3 is 9.84 Å².